The maximum Gasteiger partial charge on any atom is 0.329 e. The maximum absolute atomic E-state index is 13.4. The number of aliphatic carboxylic acids is 1. The lowest BCUT2D eigenvalue weighted by molar-refractivity contribution is -0.142. The van der Waals surface area contributed by atoms with E-state index in [1.165, 1.54) is 0 Å². The third kappa shape index (κ3) is 6.16. The first-order valence-corrected chi connectivity index (χ1v) is 12.4. The van der Waals surface area contributed by atoms with Gasteiger partial charge in [0, 0.05) is 27.2 Å². The van der Waals surface area contributed by atoms with Crippen LogP contribution >= 0.6 is 34.8 Å². The van der Waals surface area contributed by atoms with Crippen LogP contribution in [-0.2, 0) is 16.1 Å². The predicted octanol–water partition coefficient (Wildman–Crippen LogP) is 6.16. The number of nitrogens with one attached hydrogen (secondary N) is 1. The van der Waals surface area contributed by atoms with Crippen molar-refractivity contribution >= 4 is 46.7 Å². The average Bonchev–Trinajstić information content (AvgIpc) is 3.19. The van der Waals surface area contributed by atoms with Crippen LogP contribution in [0.2, 0.25) is 15.1 Å². The molecule has 3 aromatic rings. The van der Waals surface area contributed by atoms with E-state index in [2.05, 4.69) is 10.4 Å². The van der Waals surface area contributed by atoms with Gasteiger partial charge in [-0.05, 0) is 43.2 Å². The predicted molar refractivity (Wildman–Crippen MR) is 136 cm³/mol. The molecular weight excluding hydrogens is 513 g/mol. The molecule has 4 rings (SSSR count). The van der Waals surface area contributed by atoms with Crippen LogP contribution in [0.5, 0.6) is 0 Å². The van der Waals surface area contributed by atoms with Crippen molar-refractivity contribution in [3.8, 4) is 16.9 Å². The number of carbonyl (C=O) groups is 2. The first-order valence-electron chi connectivity index (χ1n) is 11.3. The Morgan fingerprint density at radius 1 is 1.03 bits per heavy atom. The highest BCUT2D eigenvalue weighted by Gasteiger charge is 2.28. The fraction of sp³-hybridized carbons (Fsp3) is 0.320. The Labute approximate surface area is 217 Å². The number of amides is 1. The molecule has 0 radical (unpaired) electrons. The average molecular weight is 537 g/mol. The van der Waals surface area contributed by atoms with Crippen molar-refractivity contribution in [3.05, 3.63) is 68.8 Å². The van der Waals surface area contributed by atoms with E-state index in [1.54, 1.807) is 47.1 Å². The van der Waals surface area contributed by atoms with Crippen LogP contribution in [-0.4, -0.2) is 39.4 Å². The zero-order valence-corrected chi connectivity index (χ0v) is 21.0. The Morgan fingerprint density at radius 2 is 1.71 bits per heavy atom. The normalized spacial score (nSPS) is 14.1. The van der Waals surface area contributed by atoms with E-state index in [9.17, 15) is 9.59 Å². The topological polar surface area (TPSA) is 93.4 Å². The van der Waals surface area contributed by atoms with Crippen LogP contribution in [0.15, 0.2) is 42.5 Å². The summed E-state index contributed by atoms with van der Waals surface area (Å²) in [7, 11) is 0. The summed E-state index contributed by atoms with van der Waals surface area (Å²) >= 11 is 18.7. The second kappa shape index (κ2) is 11.4. The summed E-state index contributed by atoms with van der Waals surface area (Å²) in [4.78, 5) is 24.5. The zero-order valence-electron chi connectivity index (χ0n) is 18.8. The minimum Gasteiger partial charge on any atom is -0.480 e. The summed E-state index contributed by atoms with van der Waals surface area (Å²) in [5.74, 6) is -1.45. The number of carboxylic acid groups (broad SMARTS) is 1. The molecule has 1 saturated carbocycles. The SMILES string of the molecule is O=C(O)COCc1c(C(=O)NC2CCCCC2)nn(-c2ccc(Cl)cc2Cl)c1-c1ccc(Cl)cc1. The minimum atomic E-state index is -1.11. The van der Waals surface area contributed by atoms with Gasteiger partial charge in [0.05, 0.1) is 23.0 Å². The summed E-state index contributed by atoms with van der Waals surface area (Å²) < 4.78 is 7.00. The molecule has 1 fully saturated rings. The molecule has 0 atom stereocenters. The second-order valence-electron chi connectivity index (χ2n) is 8.39. The monoisotopic (exact) mass is 535 g/mol. The number of carboxylic acids is 1. The zero-order chi connectivity index (χ0) is 24.9. The van der Waals surface area contributed by atoms with E-state index in [0.29, 0.717) is 37.6 Å². The number of hydrogen-bond acceptors (Lipinski definition) is 4. The molecule has 0 saturated heterocycles. The first kappa shape index (κ1) is 25.5. The third-order valence-corrected chi connectivity index (χ3v) is 6.66. The highest BCUT2D eigenvalue weighted by Crippen LogP contribution is 2.34. The van der Waals surface area contributed by atoms with Gasteiger partial charge in [0.1, 0.15) is 6.61 Å². The Bertz CT molecular complexity index is 1220. The summed E-state index contributed by atoms with van der Waals surface area (Å²) in [6, 6.07) is 12.1. The van der Waals surface area contributed by atoms with Gasteiger partial charge in [-0.25, -0.2) is 9.48 Å². The van der Waals surface area contributed by atoms with Crippen LogP contribution in [0, 0.1) is 0 Å². The fourth-order valence-corrected chi connectivity index (χ4v) is 4.86. The lowest BCUT2D eigenvalue weighted by atomic mass is 9.95. The number of halogens is 3. The number of nitrogens with zero attached hydrogens (tertiary/aromatic N) is 2. The Kier molecular flexibility index (Phi) is 8.34. The molecule has 10 heteroatoms. The van der Waals surface area contributed by atoms with E-state index < -0.39 is 12.6 Å². The van der Waals surface area contributed by atoms with E-state index in [1.807, 2.05) is 0 Å². The molecule has 1 aromatic heterocycles. The van der Waals surface area contributed by atoms with Gasteiger partial charge < -0.3 is 15.2 Å². The van der Waals surface area contributed by atoms with Gasteiger partial charge in [0.2, 0.25) is 0 Å². The second-order valence-corrected chi connectivity index (χ2v) is 9.67. The molecule has 0 spiro atoms. The molecule has 184 valence electrons. The Hall–Kier alpha value is -2.58. The highest BCUT2D eigenvalue weighted by molar-refractivity contribution is 6.35. The molecule has 1 aliphatic carbocycles. The van der Waals surface area contributed by atoms with Crippen LogP contribution in [0.3, 0.4) is 0 Å². The molecule has 1 aliphatic rings. The van der Waals surface area contributed by atoms with E-state index in [-0.39, 0.29) is 24.2 Å². The molecular formula is C25H24Cl3N3O4. The molecule has 7 nitrogen and oxygen atoms in total. The lowest BCUT2D eigenvalue weighted by Crippen LogP contribution is -2.36. The van der Waals surface area contributed by atoms with Crippen molar-refractivity contribution in [2.45, 2.75) is 44.8 Å². The Balaban J connectivity index is 1.85. The largest absolute Gasteiger partial charge is 0.480 e. The van der Waals surface area contributed by atoms with Gasteiger partial charge in [0.25, 0.3) is 5.91 Å². The van der Waals surface area contributed by atoms with E-state index in [4.69, 9.17) is 44.6 Å². The maximum atomic E-state index is 13.4. The number of aromatic nitrogens is 2. The van der Waals surface area contributed by atoms with Crippen molar-refractivity contribution in [3.63, 3.8) is 0 Å². The summed E-state index contributed by atoms with van der Waals surface area (Å²) in [6.07, 6.45) is 5.09. The molecule has 1 amide bonds. The molecule has 0 aliphatic heterocycles. The Morgan fingerprint density at radius 3 is 2.37 bits per heavy atom. The summed E-state index contributed by atoms with van der Waals surface area (Å²) in [5, 5.41) is 18.2. The molecule has 1 heterocycles. The van der Waals surface area contributed by atoms with Crippen molar-refractivity contribution in [1.29, 1.82) is 0 Å². The van der Waals surface area contributed by atoms with Gasteiger partial charge in [-0.15, -0.1) is 0 Å². The highest BCUT2D eigenvalue weighted by atomic mass is 35.5. The molecule has 2 N–H and O–H groups in total. The lowest BCUT2D eigenvalue weighted by Gasteiger charge is -2.22. The van der Waals surface area contributed by atoms with Crippen molar-refractivity contribution < 1.29 is 19.4 Å². The summed E-state index contributed by atoms with van der Waals surface area (Å²) in [6.45, 7) is -0.653. The van der Waals surface area contributed by atoms with Crippen molar-refractivity contribution in [2.75, 3.05) is 6.61 Å². The van der Waals surface area contributed by atoms with E-state index in [0.717, 1.165) is 32.1 Å². The van der Waals surface area contributed by atoms with E-state index >= 15 is 0 Å². The number of benzene rings is 2. The number of ether oxygens (including phenoxy) is 1. The fourth-order valence-electron chi connectivity index (χ4n) is 4.24. The van der Waals surface area contributed by atoms with Gasteiger partial charge >= 0.3 is 5.97 Å². The van der Waals surface area contributed by atoms with Crippen molar-refractivity contribution in [2.24, 2.45) is 0 Å². The molecule has 0 unspecified atom stereocenters. The van der Waals surface area contributed by atoms with Crippen LogP contribution < -0.4 is 5.32 Å². The smallest absolute Gasteiger partial charge is 0.329 e. The first-order chi connectivity index (χ1) is 16.8. The standard InChI is InChI=1S/C25H24Cl3N3O4/c26-16-8-6-15(7-9-16)24-19(13-35-14-22(32)33)23(25(34)29-18-4-2-1-3-5-18)30-31(24)21-11-10-17(27)12-20(21)28/h6-12,18H,1-5,13-14H2,(H,29,34)(H,32,33). The van der Waals surface area contributed by atoms with Gasteiger partial charge in [-0.1, -0.05) is 66.2 Å². The number of rotatable bonds is 8. The van der Waals surface area contributed by atoms with Gasteiger partial charge in [0.15, 0.2) is 5.69 Å². The number of hydrogen-bond donors (Lipinski definition) is 2. The third-order valence-electron chi connectivity index (χ3n) is 5.87. The van der Waals surface area contributed by atoms with Crippen LogP contribution in [0.1, 0.15) is 48.2 Å². The number of carbonyl (C=O) groups excluding carboxylic acids is 1. The quantitative estimate of drug-likeness (QED) is 0.359. The van der Waals surface area contributed by atoms with Crippen LogP contribution in [0.4, 0.5) is 0 Å². The van der Waals surface area contributed by atoms with Crippen molar-refractivity contribution in [1.82, 2.24) is 15.1 Å². The van der Waals surface area contributed by atoms with Gasteiger partial charge in [-0.3, -0.25) is 4.79 Å². The minimum absolute atomic E-state index is 0.0623. The van der Waals surface area contributed by atoms with Crippen LogP contribution in [0.25, 0.3) is 16.9 Å². The molecule has 35 heavy (non-hydrogen) atoms. The van der Waals surface area contributed by atoms with Gasteiger partial charge in [-0.2, -0.15) is 5.10 Å². The molecule has 0 bridgehead atoms. The summed E-state index contributed by atoms with van der Waals surface area (Å²) in [5.41, 5.74) is 2.37. The molecule has 2 aromatic carbocycles.